The molecule has 0 amide bonds. The molecule has 0 unspecified atom stereocenters. The van der Waals surface area contributed by atoms with Crippen LogP contribution in [0.3, 0.4) is 0 Å². The van der Waals surface area contributed by atoms with Crippen molar-refractivity contribution in [1.82, 2.24) is 4.57 Å². The Labute approximate surface area is 333 Å². The Kier molecular flexibility index (Phi) is 7.55. The van der Waals surface area contributed by atoms with Crippen molar-refractivity contribution in [2.45, 2.75) is 19.3 Å². The minimum atomic E-state index is -0.0403. The summed E-state index contributed by atoms with van der Waals surface area (Å²) in [5, 5.41) is 5.11. The number of aromatic nitrogens is 1. The second-order valence-electron chi connectivity index (χ2n) is 15.8. The molecule has 0 saturated heterocycles. The van der Waals surface area contributed by atoms with Gasteiger partial charge in [0.1, 0.15) is 0 Å². The topological polar surface area (TPSA) is 8.17 Å². The Morgan fingerprint density at radius 1 is 0.368 bits per heavy atom. The fourth-order valence-corrected chi connectivity index (χ4v) is 9.34. The van der Waals surface area contributed by atoms with E-state index in [9.17, 15) is 0 Å². The van der Waals surface area contributed by atoms with Gasteiger partial charge in [0.15, 0.2) is 0 Å². The van der Waals surface area contributed by atoms with Gasteiger partial charge in [-0.05, 0) is 122 Å². The normalized spacial score (nSPS) is 12.9. The molecular weight excluding hydrogens is 689 g/mol. The van der Waals surface area contributed by atoms with Crippen molar-refractivity contribution in [2.24, 2.45) is 0 Å². The molecule has 2 heteroatoms. The highest BCUT2D eigenvalue weighted by atomic mass is 15.1. The summed E-state index contributed by atoms with van der Waals surface area (Å²) >= 11 is 0. The van der Waals surface area contributed by atoms with Gasteiger partial charge in [0.05, 0.1) is 11.0 Å². The molecule has 270 valence electrons. The van der Waals surface area contributed by atoms with Crippen LogP contribution in [0, 0.1) is 0 Å². The second-order valence-corrected chi connectivity index (χ2v) is 15.8. The number of hydrogen-bond acceptors (Lipinski definition) is 1. The summed E-state index contributed by atoms with van der Waals surface area (Å²) in [5.41, 5.74) is 17.3. The molecule has 9 aromatic carbocycles. The summed E-state index contributed by atoms with van der Waals surface area (Å²) in [4.78, 5) is 2.33. The van der Waals surface area contributed by atoms with Gasteiger partial charge in [-0.15, -0.1) is 0 Å². The van der Waals surface area contributed by atoms with E-state index in [2.05, 4.69) is 230 Å². The summed E-state index contributed by atoms with van der Waals surface area (Å²) < 4.78 is 2.44. The van der Waals surface area contributed by atoms with E-state index in [-0.39, 0.29) is 5.41 Å². The molecule has 0 bridgehead atoms. The first-order chi connectivity index (χ1) is 28.0. The molecule has 0 aliphatic heterocycles. The Morgan fingerprint density at radius 3 is 1.68 bits per heavy atom. The van der Waals surface area contributed by atoms with Gasteiger partial charge in [0.2, 0.25) is 0 Å². The van der Waals surface area contributed by atoms with Crippen LogP contribution < -0.4 is 4.90 Å². The molecule has 10 aromatic rings. The zero-order valence-corrected chi connectivity index (χ0v) is 32.0. The molecule has 2 nitrogen and oxygen atoms in total. The summed E-state index contributed by atoms with van der Waals surface area (Å²) in [7, 11) is 0. The summed E-state index contributed by atoms with van der Waals surface area (Å²) in [6.45, 7) is 4.72. The number of nitrogens with zero attached hydrogens (tertiary/aromatic N) is 2. The third-order valence-corrected chi connectivity index (χ3v) is 12.2. The second kappa shape index (κ2) is 13.0. The first-order valence-corrected chi connectivity index (χ1v) is 19.8. The quantitative estimate of drug-likeness (QED) is 0.165. The van der Waals surface area contributed by atoms with E-state index < -0.39 is 0 Å². The zero-order chi connectivity index (χ0) is 38.1. The van der Waals surface area contributed by atoms with E-state index in [0.29, 0.717) is 0 Å². The van der Waals surface area contributed by atoms with Crippen molar-refractivity contribution in [1.29, 1.82) is 0 Å². The van der Waals surface area contributed by atoms with E-state index >= 15 is 0 Å². The molecule has 0 spiro atoms. The highest BCUT2D eigenvalue weighted by Crippen LogP contribution is 2.51. The number of fused-ring (bicyclic) bond motifs is 7. The molecule has 0 saturated carbocycles. The third-order valence-electron chi connectivity index (χ3n) is 12.2. The lowest BCUT2D eigenvalue weighted by Gasteiger charge is -2.26. The van der Waals surface area contributed by atoms with Gasteiger partial charge in [-0.25, -0.2) is 0 Å². The first kappa shape index (κ1) is 33.2. The molecule has 0 radical (unpaired) electrons. The van der Waals surface area contributed by atoms with E-state index in [4.69, 9.17) is 0 Å². The number of hydrogen-bond donors (Lipinski definition) is 0. The molecule has 1 aliphatic rings. The zero-order valence-electron chi connectivity index (χ0n) is 32.0. The number of rotatable bonds is 6. The maximum atomic E-state index is 2.46. The largest absolute Gasteiger partial charge is 0.311 e. The van der Waals surface area contributed by atoms with Crippen molar-refractivity contribution >= 4 is 49.6 Å². The molecule has 1 aromatic heterocycles. The summed E-state index contributed by atoms with van der Waals surface area (Å²) in [5.74, 6) is 0. The van der Waals surface area contributed by atoms with E-state index in [1.165, 1.54) is 77.1 Å². The Hall–Kier alpha value is -7.16. The van der Waals surface area contributed by atoms with Gasteiger partial charge < -0.3 is 9.47 Å². The van der Waals surface area contributed by atoms with Gasteiger partial charge in [-0.2, -0.15) is 0 Å². The third kappa shape index (κ3) is 5.33. The van der Waals surface area contributed by atoms with Crippen LogP contribution >= 0.6 is 0 Å². The van der Waals surface area contributed by atoms with Crippen LogP contribution in [0.15, 0.2) is 206 Å². The van der Waals surface area contributed by atoms with Crippen molar-refractivity contribution in [3.63, 3.8) is 0 Å². The molecule has 1 heterocycles. The molecular formula is C55H40N2. The van der Waals surface area contributed by atoms with Crippen LogP contribution in [0.4, 0.5) is 17.1 Å². The average Bonchev–Trinajstić information content (AvgIpc) is 3.71. The monoisotopic (exact) mass is 728 g/mol. The van der Waals surface area contributed by atoms with Crippen molar-refractivity contribution in [2.75, 3.05) is 4.90 Å². The van der Waals surface area contributed by atoms with Gasteiger partial charge in [0.25, 0.3) is 0 Å². The smallest absolute Gasteiger partial charge is 0.0547 e. The maximum Gasteiger partial charge on any atom is 0.0547 e. The predicted octanol–water partition coefficient (Wildman–Crippen LogP) is 15.0. The van der Waals surface area contributed by atoms with Crippen molar-refractivity contribution in [3.8, 4) is 39.1 Å². The van der Waals surface area contributed by atoms with Gasteiger partial charge in [-0.1, -0.05) is 153 Å². The molecule has 1 aliphatic carbocycles. The lowest BCUT2D eigenvalue weighted by atomic mass is 9.82. The van der Waals surface area contributed by atoms with Crippen LogP contribution in [-0.4, -0.2) is 4.57 Å². The molecule has 57 heavy (non-hydrogen) atoms. The summed E-state index contributed by atoms with van der Waals surface area (Å²) in [6, 6.07) is 75.4. The highest BCUT2D eigenvalue weighted by Gasteiger charge is 2.36. The van der Waals surface area contributed by atoms with Gasteiger partial charge in [0, 0.05) is 38.9 Å². The lowest BCUT2D eigenvalue weighted by Crippen LogP contribution is -2.14. The minimum absolute atomic E-state index is 0.0403. The van der Waals surface area contributed by atoms with Crippen LogP contribution in [0.25, 0.3) is 71.6 Å². The Bertz CT molecular complexity index is 3110. The van der Waals surface area contributed by atoms with Crippen LogP contribution in [0.5, 0.6) is 0 Å². The van der Waals surface area contributed by atoms with E-state index in [0.717, 1.165) is 22.7 Å². The number of anilines is 3. The fourth-order valence-electron chi connectivity index (χ4n) is 9.34. The Morgan fingerprint density at radius 2 is 0.930 bits per heavy atom. The predicted molar refractivity (Wildman–Crippen MR) is 241 cm³/mol. The molecule has 0 fully saturated rings. The molecule has 11 rings (SSSR count). The van der Waals surface area contributed by atoms with E-state index in [1.54, 1.807) is 0 Å². The highest BCUT2D eigenvalue weighted by molar-refractivity contribution is 6.11. The number of para-hydroxylation sites is 2. The first-order valence-electron chi connectivity index (χ1n) is 19.8. The van der Waals surface area contributed by atoms with E-state index in [1.807, 2.05) is 0 Å². The SMILES string of the molecule is CC1(C)c2ccccc2-c2cc3c(cc21)c1ccccc1n3-c1ccc(-c2ccc(N(c3ccccc3)c3ccc(-c4cccc5ccccc45)cc3)cc2)cc1. The van der Waals surface area contributed by atoms with Gasteiger partial charge in [-0.3, -0.25) is 0 Å². The maximum absolute atomic E-state index is 2.46. The van der Waals surface area contributed by atoms with Gasteiger partial charge >= 0.3 is 0 Å². The Balaban J connectivity index is 0.939. The van der Waals surface area contributed by atoms with Crippen molar-refractivity contribution < 1.29 is 0 Å². The standard InChI is InChI=1S/C55H40N2/c1-55(2)51-21-10-8-18-47(51)49-36-54-50(35-52(49)55)48-19-9-11-22-53(48)57(54)44-31-25-38(26-32-44)37-23-29-42(30-24-37)56(41-15-4-3-5-16-41)43-33-27-40(28-34-43)46-20-12-14-39-13-6-7-17-45(39)46/h3-36H,1-2H3. The van der Waals surface area contributed by atoms with Crippen LogP contribution in [0.1, 0.15) is 25.0 Å². The number of benzene rings is 9. The average molecular weight is 729 g/mol. The lowest BCUT2D eigenvalue weighted by molar-refractivity contribution is 0.661. The van der Waals surface area contributed by atoms with Crippen LogP contribution in [0.2, 0.25) is 0 Å². The molecule has 0 N–H and O–H groups in total. The summed E-state index contributed by atoms with van der Waals surface area (Å²) in [6.07, 6.45) is 0. The fraction of sp³-hybridized carbons (Fsp3) is 0.0545. The van der Waals surface area contributed by atoms with Crippen LogP contribution in [-0.2, 0) is 5.41 Å². The minimum Gasteiger partial charge on any atom is -0.311 e. The molecule has 0 atom stereocenters. The van der Waals surface area contributed by atoms with Crippen molar-refractivity contribution in [3.05, 3.63) is 217 Å².